The van der Waals surface area contributed by atoms with E-state index < -0.39 is 0 Å². The second-order valence-electron chi connectivity index (χ2n) is 5.86. The SMILES string of the molecule is Cc1ccc(-c2cnc(C3CCCCCN3)[nH]2)c(C)c1. The molecule has 1 fully saturated rings. The topological polar surface area (TPSA) is 40.7 Å². The van der Waals surface area contributed by atoms with E-state index in [9.17, 15) is 0 Å². The number of nitrogens with zero attached hydrogens (tertiary/aromatic N) is 1. The molecule has 1 aromatic heterocycles. The summed E-state index contributed by atoms with van der Waals surface area (Å²) in [5.41, 5.74) is 4.98. The third-order valence-electron chi connectivity index (χ3n) is 4.16. The summed E-state index contributed by atoms with van der Waals surface area (Å²) < 4.78 is 0. The number of aromatic amines is 1. The van der Waals surface area contributed by atoms with Crippen LogP contribution in [0.5, 0.6) is 0 Å². The number of H-pyrrole nitrogens is 1. The summed E-state index contributed by atoms with van der Waals surface area (Å²) in [5.74, 6) is 1.09. The zero-order valence-corrected chi connectivity index (χ0v) is 12.4. The summed E-state index contributed by atoms with van der Waals surface area (Å²) in [7, 11) is 0. The fraction of sp³-hybridized carbons (Fsp3) is 0.471. The van der Waals surface area contributed by atoms with Crippen LogP contribution in [0.4, 0.5) is 0 Å². The maximum atomic E-state index is 4.60. The zero-order valence-electron chi connectivity index (χ0n) is 12.4. The first-order chi connectivity index (χ1) is 9.74. The number of imidazole rings is 1. The predicted molar refractivity (Wildman–Crippen MR) is 82.7 cm³/mol. The number of nitrogens with one attached hydrogen (secondary N) is 2. The van der Waals surface area contributed by atoms with Crippen molar-refractivity contribution in [2.45, 2.75) is 45.6 Å². The summed E-state index contributed by atoms with van der Waals surface area (Å²) in [5, 5.41) is 3.59. The molecule has 0 bridgehead atoms. The van der Waals surface area contributed by atoms with E-state index in [0.717, 1.165) is 18.1 Å². The number of hydrogen-bond acceptors (Lipinski definition) is 2. The van der Waals surface area contributed by atoms with Gasteiger partial charge in [-0.25, -0.2) is 4.98 Å². The van der Waals surface area contributed by atoms with Crippen LogP contribution in [-0.4, -0.2) is 16.5 Å². The van der Waals surface area contributed by atoms with Gasteiger partial charge in [0.2, 0.25) is 0 Å². The Morgan fingerprint density at radius 3 is 2.90 bits per heavy atom. The molecule has 3 heteroatoms. The van der Waals surface area contributed by atoms with E-state index in [2.05, 4.69) is 47.3 Å². The molecule has 2 N–H and O–H groups in total. The molecule has 0 aliphatic carbocycles. The lowest BCUT2D eigenvalue weighted by Crippen LogP contribution is -2.21. The van der Waals surface area contributed by atoms with E-state index in [-0.39, 0.29) is 0 Å². The number of hydrogen-bond donors (Lipinski definition) is 2. The lowest BCUT2D eigenvalue weighted by molar-refractivity contribution is 0.512. The molecule has 20 heavy (non-hydrogen) atoms. The van der Waals surface area contributed by atoms with Crippen molar-refractivity contribution in [2.75, 3.05) is 6.54 Å². The highest BCUT2D eigenvalue weighted by Gasteiger charge is 2.17. The van der Waals surface area contributed by atoms with E-state index in [1.54, 1.807) is 0 Å². The molecule has 2 heterocycles. The standard InChI is InChI=1S/C17H23N3/c1-12-7-8-14(13(2)10-12)16-11-19-17(20-16)15-6-4-3-5-9-18-15/h7-8,10-11,15,18H,3-6,9H2,1-2H3,(H,19,20). The average molecular weight is 269 g/mol. The first-order valence-electron chi connectivity index (χ1n) is 7.60. The summed E-state index contributed by atoms with van der Waals surface area (Å²) in [6.07, 6.45) is 7.05. The molecule has 3 rings (SSSR count). The Hall–Kier alpha value is -1.61. The zero-order chi connectivity index (χ0) is 13.9. The molecule has 2 aromatic rings. The lowest BCUT2D eigenvalue weighted by atomic mass is 10.0. The monoisotopic (exact) mass is 269 g/mol. The van der Waals surface area contributed by atoms with E-state index in [4.69, 9.17) is 0 Å². The summed E-state index contributed by atoms with van der Waals surface area (Å²) in [6, 6.07) is 6.95. The van der Waals surface area contributed by atoms with Gasteiger partial charge in [-0.05, 0) is 38.8 Å². The van der Waals surface area contributed by atoms with Crippen molar-refractivity contribution in [3.8, 4) is 11.3 Å². The van der Waals surface area contributed by atoms with Crippen LogP contribution in [0.3, 0.4) is 0 Å². The minimum atomic E-state index is 0.386. The molecule has 1 unspecified atom stereocenters. The molecule has 1 aliphatic rings. The molecule has 1 saturated heterocycles. The molecule has 106 valence electrons. The third-order valence-corrected chi connectivity index (χ3v) is 4.16. The fourth-order valence-corrected chi connectivity index (χ4v) is 3.03. The van der Waals surface area contributed by atoms with Gasteiger partial charge in [-0.1, -0.05) is 36.6 Å². The van der Waals surface area contributed by atoms with E-state index in [0.29, 0.717) is 6.04 Å². The van der Waals surface area contributed by atoms with Gasteiger partial charge in [0.15, 0.2) is 0 Å². The minimum absolute atomic E-state index is 0.386. The van der Waals surface area contributed by atoms with Crippen molar-refractivity contribution in [1.82, 2.24) is 15.3 Å². The molecular formula is C17H23N3. The molecular weight excluding hydrogens is 246 g/mol. The van der Waals surface area contributed by atoms with Gasteiger partial charge in [-0.2, -0.15) is 0 Å². The van der Waals surface area contributed by atoms with Gasteiger partial charge in [-0.15, -0.1) is 0 Å². The van der Waals surface area contributed by atoms with Crippen LogP contribution < -0.4 is 5.32 Å². The third kappa shape index (κ3) is 2.78. The predicted octanol–water partition coefficient (Wildman–Crippen LogP) is 3.90. The molecule has 0 saturated carbocycles. The Morgan fingerprint density at radius 2 is 2.05 bits per heavy atom. The van der Waals surface area contributed by atoms with Crippen molar-refractivity contribution in [2.24, 2.45) is 0 Å². The van der Waals surface area contributed by atoms with Gasteiger partial charge in [-0.3, -0.25) is 0 Å². The van der Waals surface area contributed by atoms with Gasteiger partial charge in [0, 0.05) is 5.56 Å². The number of aryl methyl sites for hydroxylation is 2. The molecule has 0 radical (unpaired) electrons. The Bertz CT molecular complexity index is 578. The summed E-state index contributed by atoms with van der Waals surface area (Å²) in [6.45, 7) is 5.39. The lowest BCUT2D eigenvalue weighted by Gasteiger charge is -2.12. The Morgan fingerprint density at radius 1 is 1.15 bits per heavy atom. The maximum absolute atomic E-state index is 4.60. The van der Waals surface area contributed by atoms with Gasteiger partial charge < -0.3 is 10.3 Å². The van der Waals surface area contributed by atoms with E-state index >= 15 is 0 Å². The van der Waals surface area contributed by atoms with Crippen molar-refractivity contribution in [3.63, 3.8) is 0 Å². The fourth-order valence-electron chi connectivity index (χ4n) is 3.03. The van der Waals surface area contributed by atoms with Crippen LogP contribution in [0, 0.1) is 13.8 Å². The number of rotatable bonds is 2. The van der Waals surface area contributed by atoms with Crippen LogP contribution in [0.15, 0.2) is 24.4 Å². The first kappa shape index (κ1) is 13.4. The first-order valence-corrected chi connectivity index (χ1v) is 7.60. The highest BCUT2D eigenvalue weighted by Crippen LogP contribution is 2.26. The molecule has 0 amide bonds. The van der Waals surface area contributed by atoms with Crippen LogP contribution in [0.1, 0.15) is 48.7 Å². The molecule has 0 spiro atoms. The highest BCUT2D eigenvalue weighted by atomic mass is 15.0. The number of aromatic nitrogens is 2. The maximum Gasteiger partial charge on any atom is 0.123 e. The Balaban J connectivity index is 1.85. The van der Waals surface area contributed by atoms with E-state index in [1.165, 1.54) is 42.4 Å². The number of benzene rings is 1. The Labute approximate surface area is 120 Å². The van der Waals surface area contributed by atoms with Crippen molar-refractivity contribution in [1.29, 1.82) is 0 Å². The second kappa shape index (κ2) is 5.80. The minimum Gasteiger partial charge on any atom is -0.341 e. The van der Waals surface area contributed by atoms with Crippen molar-refractivity contribution < 1.29 is 0 Å². The highest BCUT2D eigenvalue weighted by molar-refractivity contribution is 5.63. The Kier molecular flexibility index (Phi) is 3.88. The van der Waals surface area contributed by atoms with Gasteiger partial charge in [0.1, 0.15) is 5.82 Å². The normalized spacial score (nSPS) is 19.8. The molecule has 1 aromatic carbocycles. The van der Waals surface area contributed by atoms with Crippen LogP contribution >= 0.6 is 0 Å². The van der Waals surface area contributed by atoms with Gasteiger partial charge in [0.05, 0.1) is 17.9 Å². The van der Waals surface area contributed by atoms with E-state index in [1.807, 2.05) is 6.20 Å². The largest absolute Gasteiger partial charge is 0.341 e. The molecule has 1 aliphatic heterocycles. The summed E-state index contributed by atoms with van der Waals surface area (Å²) in [4.78, 5) is 8.12. The van der Waals surface area contributed by atoms with Crippen LogP contribution in [0.25, 0.3) is 11.3 Å². The second-order valence-corrected chi connectivity index (χ2v) is 5.86. The van der Waals surface area contributed by atoms with Gasteiger partial charge in [0.25, 0.3) is 0 Å². The van der Waals surface area contributed by atoms with Crippen LogP contribution in [-0.2, 0) is 0 Å². The van der Waals surface area contributed by atoms with Crippen LogP contribution in [0.2, 0.25) is 0 Å². The average Bonchev–Trinajstić information content (AvgIpc) is 2.74. The quantitative estimate of drug-likeness (QED) is 0.868. The van der Waals surface area contributed by atoms with Crippen molar-refractivity contribution in [3.05, 3.63) is 41.3 Å². The molecule has 3 nitrogen and oxygen atoms in total. The summed E-state index contributed by atoms with van der Waals surface area (Å²) >= 11 is 0. The smallest absolute Gasteiger partial charge is 0.123 e. The van der Waals surface area contributed by atoms with Crippen molar-refractivity contribution >= 4 is 0 Å². The van der Waals surface area contributed by atoms with Gasteiger partial charge >= 0.3 is 0 Å². The molecule has 1 atom stereocenters.